The molecule has 2 N–H and O–H groups in total. The fraction of sp³-hybridized carbons (Fsp3) is 0.188. The zero-order valence-electron chi connectivity index (χ0n) is 12.5. The zero-order chi connectivity index (χ0) is 16.8. The quantitative estimate of drug-likeness (QED) is 0.609. The van der Waals surface area contributed by atoms with Crippen molar-refractivity contribution in [3.8, 4) is 0 Å². The monoisotopic (exact) mass is 333 g/mol. The lowest BCUT2D eigenvalue weighted by molar-refractivity contribution is -0.384. The Morgan fingerprint density at radius 1 is 1.17 bits per heavy atom. The highest BCUT2D eigenvalue weighted by molar-refractivity contribution is 6.34. The predicted octanol–water partition coefficient (Wildman–Crippen LogP) is 4.32. The second kappa shape index (κ2) is 7.60. The largest absolute Gasteiger partial charge is 0.385 e. The molecular weight excluding hydrogens is 318 g/mol. The standard InChI is InChI=1S/C16H16ClN3O3/c1-2-9-18-11-3-5-12(6-4-11)19-16(21)14-10-13(20(22)23)7-8-15(14)17/h3-8,10,18H,2,9H2,1H3,(H,19,21). The summed E-state index contributed by atoms with van der Waals surface area (Å²) < 4.78 is 0. The van der Waals surface area contributed by atoms with Gasteiger partial charge in [0.15, 0.2) is 0 Å². The molecule has 2 aromatic carbocycles. The van der Waals surface area contributed by atoms with E-state index >= 15 is 0 Å². The number of carbonyl (C=O) groups is 1. The van der Waals surface area contributed by atoms with Crippen LogP contribution in [0.2, 0.25) is 5.02 Å². The second-order valence-electron chi connectivity index (χ2n) is 4.88. The van der Waals surface area contributed by atoms with Gasteiger partial charge < -0.3 is 10.6 Å². The van der Waals surface area contributed by atoms with E-state index in [9.17, 15) is 14.9 Å². The van der Waals surface area contributed by atoms with Crippen molar-refractivity contribution in [3.05, 3.63) is 63.2 Å². The SMILES string of the molecule is CCCNc1ccc(NC(=O)c2cc([N+](=O)[O-])ccc2Cl)cc1. The lowest BCUT2D eigenvalue weighted by atomic mass is 10.1. The molecule has 0 aromatic heterocycles. The minimum atomic E-state index is -0.568. The first-order chi connectivity index (χ1) is 11.0. The normalized spacial score (nSPS) is 10.2. The molecule has 0 aliphatic heterocycles. The Labute approximate surface area is 138 Å². The summed E-state index contributed by atoms with van der Waals surface area (Å²) in [6, 6.07) is 11.0. The van der Waals surface area contributed by atoms with Crippen LogP contribution in [-0.2, 0) is 0 Å². The molecule has 1 amide bonds. The van der Waals surface area contributed by atoms with E-state index < -0.39 is 10.8 Å². The maximum atomic E-state index is 12.2. The predicted molar refractivity (Wildman–Crippen MR) is 91.3 cm³/mol. The van der Waals surface area contributed by atoms with Gasteiger partial charge in [-0.2, -0.15) is 0 Å². The fourth-order valence-electron chi connectivity index (χ4n) is 1.94. The van der Waals surface area contributed by atoms with Gasteiger partial charge in [0, 0.05) is 30.1 Å². The van der Waals surface area contributed by atoms with Gasteiger partial charge in [0.25, 0.3) is 11.6 Å². The molecule has 0 saturated heterocycles. The minimum absolute atomic E-state index is 0.0639. The van der Waals surface area contributed by atoms with Crippen LogP contribution in [0.1, 0.15) is 23.7 Å². The minimum Gasteiger partial charge on any atom is -0.385 e. The van der Waals surface area contributed by atoms with E-state index in [1.165, 1.54) is 12.1 Å². The molecule has 0 unspecified atom stereocenters. The summed E-state index contributed by atoms with van der Waals surface area (Å²) in [6.07, 6.45) is 1.02. The number of hydrogen-bond donors (Lipinski definition) is 2. The first-order valence-corrected chi connectivity index (χ1v) is 7.48. The number of carbonyl (C=O) groups excluding carboxylic acids is 1. The number of nitrogens with zero attached hydrogens (tertiary/aromatic N) is 1. The number of rotatable bonds is 6. The van der Waals surface area contributed by atoms with Crippen LogP contribution >= 0.6 is 11.6 Å². The van der Waals surface area contributed by atoms with Crippen molar-refractivity contribution in [1.82, 2.24) is 0 Å². The number of amides is 1. The molecule has 6 nitrogen and oxygen atoms in total. The molecule has 0 aliphatic carbocycles. The maximum absolute atomic E-state index is 12.2. The van der Waals surface area contributed by atoms with Gasteiger partial charge in [-0.05, 0) is 36.8 Å². The number of hydrogen-bond acceptors (Lipinski definition) is 4. The summed E-state index contributed by atoms with van der Waals surface area (Å²) in [5.74, 6) is -0.493. The van der Waals surface area contributed by atoms with Gasteiger partial charge in [0.2, 0.25) is 0 Å². The molecule has 0 radical (unpaired) electrons. The van der Waals surface area contributed by atoms with Gasteiger partial charge in [0.1, 0.15) is 0 Å². The second-order valence-corrected chi connectivity index (χ2v) is 5.29. The first kappa shape index (κ1) is 16.8. The van der Waals surface area contributed by atoms with Crippen LogP contribution in [0.5, 0.6) is 0 Å². The molecule has 0 aliphatic rings. The number of halogens is 1. The lowest BCUT2D eigenvalue weighted by Gasteiger charge is -2.09. The van der Waals surface area contributed by atoms with Gasteiger partial charge >= 0.3 is 0 Å². The molecule has 0 fully saturated rings. The number of benzene rings is 2. The van der Waals surface area contributed by atoms with Crippen LogP contribution in [0.15, 0.2) is 42.5 Å². The summed E-state index contributed by atoms with van der Waals surface area (Å²) in [4.78, 5) is 22.5. The third-order valence-corrected chi connectivity index (χ3v) is 3.46. The molecule has 2 aromatic rings. The highest BCUT2D eigenvalue weighted by atomic mass is 35.5. The molecule has 120 valence electrons. The van der Waals surface area contributed by atoms with E-state index in [1.54, 1.807) is 12.1 Å². The zero-order valence-corrected chi connectivity index (χ0v) is 13.3. The molecule has 0 bridgehead atoms. The van der Waals surface area contributed by atoms with Crippen molar-refractivity contribution in [2.24, 2.45) is 0 Å². The van der Waals surface area contributed by atoms with Crippen LogP contribution in [0, 0.1) is 10.1 Å². The van der Waals surface area contributed by atoms with E-state index in [4.69, 9.17) is 11.6 Å². The van der Waals surface area contributed by atoms with Crippen molar-refractivity contribution in [2.45, 2.75) is 13.3 Å². The Hall–Kier alpha value is -2.60. The molecule has 7 heteroatoms. The molecule has 23 heavy (non-hydrogen) atoms. The molecule has 2 rings (SSSR count). The van der Waals surface area contributed by atoms with Gasteiger partial charge in [-0.15, -0.1) is 0 Å². The maximum Gasteiger partial charge on any atom is 0.270 e. The van der Waals surface area contributed by atoms with Crippen molar-refractivity contribution >= 4 is 34.6 Å². The van der Waals surface area contributed by atoms with Crippen molar-refractivity contribution in [3.63, 3.8) is 0 Å². The van der Waals surface area contributed by atoms with Crippen LogP contribution in [0.3, 0.4) is 0 Å². The fourth-order valence-corrected chi connectivity index (χ4v) is 2.14. The van der Waals surface area contributed by atoms with Crippen molar-refractivity contribution in [1.29, 1.82) is 0 Å². The Morgan fingerprint density at radius 2 is 1.83 bits per heavy atom. The Morgan fingerprint density at radius 3 is 2.43 bits per heavy atom. The van der Waals surface area contributed by atoms with Crippen molar-refractivity contribution < 1.29 is 9.72 Å². The van der Waals surface area contributed by atoms with Crippen LogP contribution < -0.4 is 10.6 Å². The van der Waals surface area contributed by atoms with E-state index in [0.29, 0.717) is 5.69 Å². The number of nitrogens with one attached hydrogen (secondary N) is 2. The Kier molecular flexibility index (Phi) is 5.54. The van der Waals surface area contributed by atoms with Gasteiger partial charge in [0.05, 0.1) is 15.5 Å². The van der Waals surface area contributed by atoms with Gasteiger partial charge in [-0.25, -0.2) is 0 Å². The third kappa shape index (κ3) is 4.43. The summed E-state index contributed by atoms with van der Waals surface area (Å²) in [6.45, 7) is 2.94. The Balaban J connectivity index is 2.12. The highest BCUT2D eigenvalue weighted by Gasteiger charge is 2.16. The highest BCUT2D eigenvalue weighted by Crippen LogP contribution is 2.23. The lowest BCUT2D eigenvalue weighted by Crippen LogP contribution is -2.13. The van der Waals surface area contributed by atoms with Gasteiger partial charge in [-0.3, -0.25) is 14.9 Å². The summed E-state index contributed by atoms with van der Waals surface area (Å²) in [5, 5.41) is 16.9. The smallest absolute Gasteiger partial charge is 0.270 e. The average molecular weight is 334 g/mol. The molecule has 0 heterocycles. The molecule has 0 spiro atoms. The molecular formula is C16H16ClN3O3. The van der Waals surface area contributed by atoms with Gasteiger partial charge in [-0.1, -0.05) is 18.5 Å². The number of nitro benzene ring substituents is 1. The van der Waals surface area contributed by atoms with E-state index in [2.05, 4.69) is 17.6 Å². The van der Waals surface area contributed by atoms with E-state index in [0.717, 1.165) is 24.7 Å². The number of nitro groups is 1. The van der Waals surface area contributed by atoms with E-state index in [-0.39, 0.29) is 16.3 Å². The summed E-state index contributed by atoms with van der Waals surface area (Å²) >= 11 is 5.95. The van der Waals surface area contributed by atoms with Crippen molar-refractivity contribution in [2.75, 3.05) is 17.2 Å². The number of non-ortho nitro benzene ring substituents is 1. The van der Waals surface area contributed by atoms with Crippen LogP contribution in [-0.4, -0.2) is 17.4 Å². The van der Waals surface area contributed by atoms with E-state index in [1.807, 2.05) is 12.1 Å². The molecule has 0 atom stereocenters. The van der Waals surface area contributed by atoms with Crippen LogP contribution in [0.4, 0.5) is 17.1 Å². The first-order valence-electron chi connectivity index (χ1n) is 7.10. The summed E-state index contributed by atoms with van der Waals surface area (Å²) in [5.41, 5.74) is 1.42. The topological polar surface area (TPSA) is 84.3 Å². The average Bonchev–Trinajstić information content (AvgIpc) is 2.54. The third-order valence-electron chi connectivity index (χ3n) is 3.13. The summed E-state index contributed by atoms with van der Waals surface area (Å²) in [7, 11) is 0. The van der Waals surface area contributed by atoms with Crippen LogP contribution in [0.25, 0.3) is 0 Å². The molecule has 0 saturated carbocycles. The Bertz CT molecular complexity index is 717. The number of anilines is 2.